The second-order valence-corrected chi connectivity index (χ2v) is 7.29. The van der Waals surface area contributed by atoms with Crippen molar-refractivity contribution in [3.8, 4) is 11.5 Å². The standard InChI is InChI=1S/C20H24N6O4S/c1-5-29-15-8-6-7-9-16(15)30-11-18(28)24-23-17(27)10-14-12(2)21-19-22-20(31-4)25-26(19)13(14)3/h6-9H,5,10-11H2,1-4H3,(H,23,27)(H,24,28). The number of thioether (sulfide) groups is 1. The van der Waals surface area contributed by atoms with Crippen molar-refractivity contribution in [3.63, 3.8) is 0 Å². The predicted molar refractivity (Wildman–Crippen MR) is 115 cm³/mol. The number of hydrazine groups is 1. The molecule has 0 saturated heterocycles. The van der Waals surface area contributed by atoms with Crippen LogP contribution in [0.1, 0.15) is 23.9 Å². The van der Waals surface area contributed by atoms with Crippen LogP contribution in [0.2, 0.25) is 0 Å². The molecule has 0 aliphatic heterocycles. The van der Waals surface area contributed by atoms with Gasteiger partial charge in [0, 0.05) is 17.0 Å². The van der Waals surface area contributed by atoms with Gasteiger partial charge in [-0.2, -0.15) is 4.98 Å². The first-order chi connectivity index (χ1) is 14.9. The van der Waals surface area contributed by atoms with Crippen molar-refractivity contribution in [2.75, 3.05) is 19.5 Å². The van der Waals surface area contributed by atoms with Crippen molar-refractivity contribution in [1.82, 2.24) is 30.4 Å². The van der Waals surface area contributed by atoms with Gasteiger partial charge in [0.05, 0.1) is 13.0 Å². The number of amides is 2. The van der Waals surface area contributed by atoms with Crippen LogP contribution in [0.5, 0.6) is 11.5 Å². The van der Waals surface area contributed by atoms with Gasteiger partial charge in [-0.3, -0.25) is 20.4 Å². The fraction of sp³-hybridized carbons (Fsp3) is 0.350. The van der Waals surface area contributed by atoms with Crippen molar-refractivity contribution >= 4 is 29.4 Å². The van der Waals surface area contributed by atoms with Crippen LogP contribution in [0.25, 0.3) is 5.78 Å². The van der Waals surface area contributed by atoms with Gasteiger partial charge < -0.3 is 9.47 Å². The van der Waals surface area contributed by atoms with Crippen LogP contribution >= 0.6 is 11.8 Å². The number of benzene rings is 1. The van der Waals surface area contributed by atoms with E-state index in [1.807, 2.05) is 33.1 Å². The molecular formula is C20H24N6O4S. The summed E-state index contributed by atoms with van der Waals surface area (Å²) in [6, 6.07) is 7.06. The zero-order valence-electron chi connectivity index (χ0n) is 17.8. The molecule has 31 heavy (non-hydrogen) atoms. The molecule has 3 rings (SSSR count). The Morgan fingerprint density at radius 2 is 1.74 bits per heavy atom. The lowest BCUT2D eigenvalue weighted by molar-refractivity contribution is -0.129. The van der Waals surface area contributed by atoms with Crippen LogP contribution in [0.3, 0.4) is 0 Å². The van der Waals surface area contributed by atoms with Gasteiger partial charge in [0.25, 0.3) is 11.7 Å². The molecular weight excluding hydrogens is 420 g/mol. The number of para-hydroxylation sites is 2. The van der Waals surface area contributed by atoms with E-state index < -0.39 is 5.91 Å². The highest BCUT2D eigenvalue weighted by Gasteiger charge is 2.16. The SMILES string of the molecule is CCOc1ccccc1OCC(=O)NNC(=O)Cc1c(C)nc2nc(SC)nn2c1C. The second-order valence-electron chi connectivity index (χ2n) is 6.51. The summed E-state index contributed by atoms with van der Waals surface area (Å²) in [5.41, 5.74) is 6.92. The van der Waals surface area contributed by atoms with Crippen LogP contribution in [0.15, 0.2) is 29.4 Å². The van der Waals surface area contributed by atoms with E-state index in [1.54, 1.807) is 22.7 Å². The highest BCUT2D eigenvalue weighted by Crippen LogP contribution is 2.26. The lowest BCUT2D eigenvalue weighted by Gasteiger charge is -2.13. The third-order valence-corrected chi connectivity index (χ3v) is 4.94. The lowest BCUT2D eigenvalue weighted by atomic mass is 10.1. The molecule has 0 aliphatic carbocycles. The first kappa shape index (κ1) is 22.3. The zero-order valence-corrected chi connectivity index (χ0v) is 18.6. The highest BCUT2D eigenvalue weighted by atomic mass is 32.2. The van der Waals surface area contributed by atoms with Gasteiger partial charge in [-0.05, 0) is 39.2 Å². The summed E-state index contributed by atoms with van der Waals surface area (Å²) in [6.45, 7) is 5.73. The number of rotatable bonds is 8. The van der Waals surface area contributed by atoms with Crippen molar-refractivity contribution in [1.29, 1.82) is 0 Å². The minimum Gasteiger partial charge on any atom is -0.490 e. The third kappa shape index (κ3) is 5.43. The van der Waals surface area contributed by atoms with Crippen molar-refractivity contribution in [2.24, 2.45) is 0 Å². The maximum atomic E-state index is 12.4. The van der Waals surface area contributed by atoms with Gasteiger partial charge in [-0.25, -0.2) is 9.50 Å². The summed E-state index contributed by atoms with van der Waals surface area (Å²) in [5, 5.41) is 4.97. The number of aryl methyl sites for hydroxylation is 2. The molecule has 0 unspecified atom stereocenters. The zero-order chi connectivity index (χ0) is 22.4. The van der Waals surface area contributed by atoms with Gasteiger partial charge in [-0.15, -0.1) is 5.10 Å². The van der Waals surface area contributed by atoms with Crippen LogP contribution in [-0.2, 0) is 16.0 Å². The Balaban J connectivity index is 1.56. The normalized spacial score (nSPS) is 10.7. The van der Waals surface area contributed by atoms with E-state index >= 15 is 0 Å². The molecule has 0 atom stereocenters. The van der Waals surface area contributed by atoms with Crippen LogP contribution in [-0.4, -0.2) is 50.9 Å². The average Bonchev–Trinajstić information content (AvgIpc) is 3.18. The fourth-order valence-electron chi connectivity index (χ4n) is 2.90. The van der Waals surface area contributed by atoms with Crippen LogP contribution in [0.4, 0.5) is 0 Å². The van der Waals surface area contributed by atoms with Gasteiger partial charge in [0.1, 0.15) is 0 Å². The molecule has 0 fully saturated rings. The largest absolute Gasteiger partial charge is 0.490 e. The summed E-state index contributed by atoms with van der Waals surface area (Å²) in [6.07, 6.45) is 1.91. The number of nitrogens with one attached hydrogen (secondary N) is 2. The van der Waals surface area contributed by atoms with Gasteiger partial charge in [-0.1, -0.05) is 23.9 Å². The molecule has 0 saturated carbocycles. The topological polar surface area (TPSA) is 120 Å². The average molecular weight is 445 g/mol. The Hall–Kier alpha value is -3.34. The fourth-order valence-corrected chi connectivity index (χ4v) is 3.24. The van der Waals surface area contributed by atoms with Gasteiger partial charge in [0.2, 0.25) is 11.1 Å². The maximum absolute atomic E-state index is 12.4. The number of aromatic nitrogens is 4. The molecule has 0 radical (unpaired) electrons. The number of fused-ring (bicyclic) bond motifs is 1. The number of nitrogens with zero attached hydrogens (tertiary/aromatic N) is 4. The van der Waals surface area contributed by atoms with E-state index in [9.17, 15) is 9.59 Å². The van der Waals surface area contributed by atoms with E-state index in [4.69, 9.17) is 9.47 Å². The number of ether oxygens (including phenoxy) is 2. The maximum Gasteiger partial charge on any atom is 0.276 e. The quantitative estimate of drug-likeness (QED) is 0.397. The summed E-state index contributed by atoms with van der Waals surface area (Å²) >= 11 is 1.42. The smallest absolute Gasteiger partial charge is 0.276 e. The molecule has 11 heteroatoms. The molecule has 2 aromatic heterocycles. The highest BCUT2D eigenvalue weighted by molar-refractivity contribution is 7.98. The Morgan fingerprint density at radius 1 is 1.06 bits per heavy atom. The molecule has 0 aliphatic rings. The second kappa shape index (κ2) is 10.1. The molecule has 2 heterocycles. The van der Waals surface area contributed by atoms with E-state index in [1.165, 1.54) is 11.8 Å². The Labute approximate surface area is 183 Å². The predicted octanol–water partition coefficient (Wildman–Crippen LogP) is 1.63. The van der Waals surface area contributed by atoms with E-state index in [0.717, 1.165) is 11.3 Å². The van der Waals surface area contributed by atoms with Crippen molar-refractivity contribution in [2.45, 2.75) is 32.3 Å². The van der Waals surface area contributed by atoms with Gasteiger partial charge in [0.15, 0.2) is 18.1 Å². The number of carbonyl (C=O) groups excluding carboxylic acids is 2. The van der Waals surface area contributed by atoms with Crippen molar-refractivity contribution < 1.29 is 19.1 Å². The molecule has 1 aromatic carbocycles. The lowest BCUT2D eigenvalue weighted by Crippen LogP contribution is -2.44. The van der Waals surface area contributed by atoms with Crippen LogP contribution in [0, 0.1) is 13.8 Å². The molecule has 0 bridgehead atoms. The Kier molecular flexibility index (Phi) is 7.29. The molecule has 0 spiro atoms. The van der Waals surface area contributed by atoms with Crippen molar-refractivity contribution in [3.05, 3.63) is 41.2 Å². The molecule has 3 aromatic rings. The molecule has 164 valence electrons. The number of carbonyl (C=O) groups is 2. The minimum absolute atomic E-state index is 0.0311. The monoisotopic (exact) mass is 444 g/mol. The van der Waals surface area contributed by atoms with Crippen LogP contribution < -0.4 is 20.3 Å². The molecule has 2 amide bonds. The van der Waals surface area contributed by atoms with E-state index in [0.29, 0.717) is 34.7 Å². The minimum atomic E-state index is -0.498. The summed E-state index contributed by atoms with van der Waals surface area (Å²) in [7, 11) is 0. The number of hydrogen-bond donors (Lipinski definition) is 2. The molecule has 10 nitrogen and oxygen atoms in total. The first-order valence-corrected chi connectivity index (χ1v) is 10.8. The van der Waals surface area contributed by atoms with E-state index in [2.05, 4.69) is 25.9 Å². The molecule has 2 N–H and O–H groups in total. The summed E-state index contributed by atoms with van der Waals surface area (Å²) < 4.78 is 12.5. The third-order valence-electron chi connectivity index (χ3n) is 4.40. The number of hydrogen-bond acceptors (Lipinski definition) is 8. The van der Waals surface area contributed by atoms with Gasteiger partial charge >= 0.3 is 0 Å². The Bertz CT molecular complexity index is 1100. The Morgan fingerprint density at radius 3 is 2.42 bits per heavy atom. The van der Waals surface area contributed by atoms with E-state index in [-0.39, 0.29) is 18.9 Å². The summed E-state index contributed by atoms with van der Waals surface area (Å²) in [5.74, 6) is 0.604. The summed E-state index contributed by atoms with van der Waals surface area (Å²) in [4.78, 5) is 33.2. The first-order valence-electron chi connectivity index (χ1n) is 9.62.